The minimum atomic E-state index is 0.0156. The molecular weight excluding hydrogens is 160 g/mol. The Kier molecular flexibility index (Phi) is 2.39. The summed E-state index contributed by atoms with van der Waals surface area (Å²) < 4.78 is 4.74. The van der Waals surface area contributed by atoms with Crippen molar-refractivity contribution in [1.29, 1.82) is 0 Å². The van der Waals surface area contributed by atoms with Gasteiger partial charge < -0.3 is 4.74 Å². The number of nitrogens with zero attached hydrogens (tertiary/aromatic N) is 6. The monoisotopic (exact) mass is 166 g/mol. The van der Waals surface area contributed by atoms with Crippen molar-refractivity contribution in [2.75, 3.05) is 7.11 Å². The molecule has 1 aromatic rings. The summed E-state index contributed by atoms with van der Waals surface area (Å²) in [5.41, 5.74) is 8.09. The Balaban J connectivity index is 3.14. The Morgan fingerprint density at radius 2 is 2.17 bits per heavy atom. The van der Waals surface area contributed by atoms with Crippen molar-refractivity contribution in [3.63, 3.8) is 0 Å². The Bertz CT molecular complexity index is 331. The van der Waals surface area contributed by atoms with Crippen molar-refractivity contribution in [3.8, 4) is 6.01 Å². The van der Waals surface area contributed by atoms with Crippen molar-refractivity contribution in [3.05, 3.63) is 16.3 Å². The molecule has 0 aliphatic rings. The van der Waals surface area contributed by atoms with Gasteiger partial charge in [0.15, 0.2) is 0 Å². The van der Waals surface area contributed by atoms with Gasteiger partial charge in [-0.15, -0.1) is 0 Å². The second-order valence-electron chi connectivity index (χ2n) is 1.86. The van der Waals surface area contributed by atoms with Gasteiger partial charge in [-0.25, -0.2) is 4.98 Å². The number of hydrogen-bond donors (Lipinski definition) is 0. The van der Waals surface area contributed by atoms with E-state index in [1.165, 1.54) is 7.11 Å². The fourth-order valence-electron chi connectivity index (χ4n) is 0.620. The van der Waals surface area contributed by atoms with Gasteiger partial charge >= 0.3 is 6.01 Å². The summed E-state index contributed by atoms with van der Waals surface area (Å²) in [4.78, 5) is 13.8. The summed E-state index contributed by atoms with van der Waals surface area (Å²) in [5.74, 6) is 0.464. The van der Waals surface area contributed by atoms with Gasteiger partial charge in [0.25, 0.3) is 0 Å². The molecule has 0 aliphatic heterocycles. The first-order chi connectivity index (χ1) is 5.76. The molecule has 7 nitrogen and oxygen atoms in total. The van der Waals surface area contributed by atoms with Crippen LogP contribution in [-0.4, -0.2) is 22.1 Å². The Morgan fingerprint density at radius 3 is 2.75 bits per heavy atom. The molecule has 0 unspecified atom stereocenters. The van der Waals surface area contributed by atoms with Gasteiger partial charge in [0.2, 0.25) is 5.95 Å². The highest BCUT2D eigenvalue weighted by molar-refractivity contribution is 5.16. The van der Waals surface area contributed by atoms with Crippen molar-refractivity contribution < 1.29 is 4.74 Å². The largest absolute Gasteiger partial charge is 0.467 e. The highest BCUT2D eigenvalue weighted by atomic mass is 16.5. The highest BCUT2D eigenvalue weighted by Crippen LogP contribution is 2.08. The standard InChI is InChI=1S/C5H6N6O/c1-3-7-4(10-11-6)9-5(8-3)12-2/h1-2H3. The van der Waals surface area contributed by atoms with E-state index in [0.29, 0.717) is 5.82 Å². The van der Waals surface area contributed by atoms with E-state index in [1.54, 1.807) is 6.92 Å². The summed E-state index contributed by atoms with van der Waals surface area (Å²) in [7, 11) is 1.43. The Morgan fingerprint density at radius 1 is 1.42 bits per heavy atom. The number of aryl methyl sites for hydroxylation is 1. The molecule has 0 N–H and O–H groups in total. The molecule has 0 radical (unpaired) electrons. The highest BCUT2D eigenvalue weighted by Gasteiger charge is 2.00. The number of ether oxygens (including phenoxy) is 1. The van der Waals surface area contributed by atoms with E-state index in [4.69, 9.17) is 10.3 Å². The number of hydrogen-bond acceptors (Lipinski definition) is 5. The third kappa shape index (κ3) is 1.80. The van der Waals surface area contributed by atoms with Crippen LogP contribution >= 0.6 is 0 Å². The molecule has 62 valence electrons. The average molecular weight is 166 g/mol. The van der Waals surface area contributed by atoms with E-state index in [2.05, 4.69) is 25.0 Å². The molecule has 1 aromatic heterocycles. The predicted octanol–water partition coefficient (Wildman–Crippen LogP) is 1.13. The molecule has 1 heterocycles. The number of methoxy groups -OCH3 is 1. The minimum absolute atomic E-state index is 0.0156. The summed E-state index contributed by atoms with van der Waals surface area (Å²) >= 11 is 0. The van der Waals surface area contributed by atoms with Crippen LogP contribution in [0.4, 0.5) is 5.95 Å². The SMILES string of the molecule is COc1nc(C)nc(N=[N+]=[N-])n1. The van der Waals surface area contributed by atoms with Crippen molar-refractivity contribution in [2.24, 2.45) is 5.11 Å². The second-order valence-corrected chi connectivity index (χ2v) is 1.86. The number of rotatable bonds is 2. The molecule has 1 rings (SSSR count). The van der Waals surface area contributed by atoms with Gasteiger partial charge in [0, 0.05) is 4.91 Å². The first-order valence-electron chi connectivity index (χ1n) is 3.08. The fourth-order valence-corrected chi connectivity index (χ4v) is 0.620. The molecule has 0 fully saturated rings. The Labute approximate surface area is 68.1 Å². The van der Waals surface area contributed by atoms with Crippen LogP contribution in [0.2, 0.25) is 0 Å². The molecule has 12 heavy (non-hydrogen) atoms. The fraction of sp³-hybridized carbons (Fsp3) is 0.400. The summed E-state index contributed by atoms with van der Waals surface area (Å²) in [6.45, 7) is 1.65. The van der Waals surface area contributed by atoms with E-state index in [0.717, 1.165) is 0 Å². The summed E-state index contributed by atoms with van der Waals surface area (Å²) in [6, 6.07) is 0.143. The molecule has 0 bridgehead atoms. The second kappa shape index (κ2) is 3.49. The lowest BCUT2D eigenvalue weighted by Crippen LogP contribution is -1.96. The van der Waals surface area contributed by atoms with Crippen LogP contribution in [0.25, 0.3) is 10.4 Å². The van der Waals surface area contributed by atoms with Gasteiger partial charge in [-0.1, -0.05) is 0 Å². The minimum Gasteiger partial charge on any atom is -0.467 e. The van der Waals surface area contributed by atoms with Crippen LogP contribution in [0.1, 0.15) is 5.82 Å². The van der Waals surface area contributed by atoms with Gasteiger partial charge in [-0.05, 0) is 17.6 Å². The maximum atomic E-state index is 8.09. The smallest absolute Gasteiger partial charge is 0.319 e. The first-order valence-corrected chi connectivity index (χ1v) is 3.08. The lowest BCUT2D eigenvalue weighted by Gasteiger charge is -1.98. The topological polar surface area (TPSA) is 96.7 Å². The molecule has 7 heteroatoms. The first kappa shape index (κ1) is 8.22. The zero-order valence-corrected chi connectivity index (χ0v) is 6.59. The van der Waals surface area contributed by atoms with Crippen LogP contribution < -0.4 is 4.74 Å². The molecular formula is C5H6N6O. The normalized spacial score (nSPS) is 8.83. The molecule has 0 spiro atoms. The molecule has 0 saturated heterocycles. The van der Waals surface area contributed by atoms with E-state index in [9.17, 15) is 0 Å². The molecule has 0 saturated carbocycles. The van der Waals surface area contributed by atoms with Gasteiger partial charge in [0.05, 0.1) is 7.11 Å². The van der Waals surface area contributed by atoms with Gasteiger partial charge in [0.1, 0.15) is 5.82 Å². The van der Waals surface area contributed by atoms with Crippen LogP contribution in [-0.2, 0) is 0 Å². The lowest BCUT2D eigenvalue weighted by atomic mass is 10.7. The molecule has 0 amide bonds. The summed E-state index contributed by atoms with van der Waals surface area (Å²) in [6.07, 6.45) is 0. The maximum absolute atomic E-state index is 8.09. The van der Waals surface area contributed by atoms with E-state index >= 15 is 0 Å². The predicted molar refractivity (Wildman–Crippen MR) is 39.9 cm³/mol. The Hall–Kier alpha value is -1.88. The zero-order chi connectivity index (χ0) is 8.97. The van der Waals surface area contributed by atoms with Crippen molar-refractivity contribution in [1.82, 2.24) is 15.0 Å². The third-order valence-corrected chi connectivity index (χ3v) is 1.03. The van der Waals surface area contributed by atoms with Crippen LogP contribution in [0.3, 0.4) is 0 Å². The van der Waals surface area contributed by atoms with Crippen molar-refractivity contribution in [2.45, 2.75) is 6.92 Å². The average Bonchev–Trinajstić information content (AvgIpc) is 2.04. The lowest BCUT2D eigenvalue weighted by molar-refractivity contribution is 0.377. The maximum Gasteiger partial charge on any atom is 0.319 e. The van der Waals surface area contributed by atoms with Crippen LogP contribution in [0.5, 0.6) is 6.01 Å². The van der Waals surface area contributed by atoms with Gasteiger partial charge in [-0.3, -0.25) is 0 Å². The molecule has 0 aliphatic carbocycles. The quantitative estimate of drug-likeness (QED) is 0.373. The van der Waals surface area contributed by atoms with Crippen molar-refractivity contribution >= 4 is 5.95 Å². The molecule has 0 atom stereocenters. The third-order valence-electron chi connectivity index (χ3n) is 1.03. The van der Waals surface area contributed by atoms with Crippen LogP contribution in [0.15, 0.2) is 5.11 Å². The number of aromatic nitrogens is 3. The van der Waals surface area contributed by atoms with Crippen LogP contribution in [0, 0.1) is 6.92 Å². The molecule has 0 aromatic carbocycles. The van der Waals surface area contributed by atoms with Gasteiger partial charge in [-0.2, -0.15) is 9.97 Å². The summed E-state index contributed by atoms with van der Waals surface area (Å²) in [5, 5.41) is 3.21. The zero-order valence-electron chi connectivity index (χ0n) is 6.59. The van der Waals surface area contributed by atoms with E-state index in [-0.39, 0.29) is 12.0 Å². The number of azide groups is 1. The van der Waals surface area contributed by atoms with E-state index in [1.807, 2.05) is 0 Å². The van der Waals surface area contributed by atoms with E-state index < -0.39 is 0 Å².